The molecular formula is C14H19IN4O2S. The van der Waals surface area contributed by atoms with Crippen LogP contribution in [0.4, 0.5) is 0 Å². The molecule has 0 aliphatic rings. The van der Waals surface area contributed by atoms with Gasteiger partial charge in [-0.3, -0.25) is 9.79 Å². The minimum atomic E-state index is -0.572. The van der Waals surface area contributed by atoms with Crippen LogP contribution in [0, 0.1) is 6.92 Å². The average molecular weight is 434 g/mol. The number of hydrogen-bond donors (Lipinski definition) is 3. The summed E-state index contributed by atoms with van der Waals surface area (Å²) < 4.78 is 5.29. The Morgan fingerprint density at radius 1 is 1.32 bits per heavy atom. The lowest BCUT2D eigenvalue weighted by Crippen LogP contribution is -2.36. The third kappa shape index (κ3) is 5.02. The topological polar surface area (TPSA) is 92.6 Å². The standard InChI is InChI=1S/C14H18N4O2S.HI/c1-9-5-6-21-12(9)8-18-14(16-2)17-7-10-3-4-11(20-10)13(15)19;/h3-6H,7-8H2,1-2H3,(H2,15,19)(H2,16,17,18);1H. The minimum Gasteiger partial charge on any atom is -0.454 e. The first-order chi connectivity index (χ1) is 10.1. The molecule has 0 saturated heterocycles. The summed E-state index contributed by atoms with van der Waals surface area (Å²) in [7, 11) is 1.70. The van der Waals surface area contributed by atoms with E-state index in [2.05, 4.69) is 34.0 Å². The fraction of sp³-hybridized carbons (Fsp3) is 0.286. The van der Waals surface area contributed by atoms with E-state index in [1.807, 2.05) is 0 Å². The molecular weight excluding hydrogens is 415 g/mol. The summed E-state index contributed by atoms with van der Waals surface area (Å²) in [6.45, 7) is 3.22. The van der Waals surface area contributed by atoms with E-state index in [4.69, 9.17) is 10.2 Å². The van der Waals surface area contributed by atoms with Crippen molar-refractivity contribution in [1.29, 1.82) is 0 Å². The second kappa shape index (κ2) is 8.79. The molecule has 0 aromatic carbocycles. The third-order valence-electron chi connectivity index (χ3n) is 2.94. The molecule has 4 N–H and O–H groups in total. The van der Waals surface area contributed by atoms with Gasteiger partial charge < -0.3 is 20.8 Å². The third-order valence-corrected chi connectivity index (χ3v) is 3.97. The molecule has 0 saturated carbocycles. The van der Waals surface area contributed by atoms with E-state index in [-0.39, 0.29) is 29.7 Å². The Bertz CT molecular complexity index is 651. The van der Waals surface area contributed by atoms with Crippen molar-refractivity contribution in [1.82, 2.24) is 10.6 Å². The number of aryl methyl sites for hydroxylation is 1. The van der Waals surface area contributed by atoms with Crippen LogP contribution in [-0.4, -0.2) is 18.9 Å². The molecule has 2 rings (SSSR count). The van der Waals surface area contributed by atoms with Gasteiger partial charge in [0.25, 0.3) is 5.91 Å². The highest BCUT2D eigenvalue weighted by atomic mass is 127. The molecule has 8 heteroatoms. The highest BCUT2D eigenvalue weighted by molar-refractivity contribution is 14.0. The Labute approximate surface area is 150 Å². The Morgan fingerprint density at radius 3 is 2.59 bits per heavy atom. The molecule has 2 heterocycles. The van der Waals surface area contributed by atoms with Gasteiger partial charge >= 0.3 is 0 Å². The van der Waals surface area contributed by atoms with E-state index >= 15 is 0 Å². The molecule has 6 nitrogen and oxygen atoms in total. The Hall–Kier alpha value is -1.55. The number of furan rings is 1. The van der Waals surface area contributed by atoms with Crippen molar-refractivity contribution in [2.45, 2.75) is 20.0 Å². The molecule has 22 heavy (non-hydrogen) atoms. The molecule has 0 spiro atoms. The number of carbonyl (C=O) groups is 1. The number of guanidine groups is 1. The van der Waals surface area contributed by atoms with Gasteiger partial charge in [-0.05, 0) is 36.1 Å². The maximum atomic E-state index is 10.9. The molecule has 0 atom stereocenters. The van der Waals surface area contributed by atoms with Crippen molar-refractivity contribution in [2.75, 3.05) is 7.05 Å². The Balaban J connectivity index is 0.00000242. The van der Waals surface area contributed by atoms with Gasteiger partial charge in [0.1, 0.15) is 5.76 Å². The van der Waals surface area contributed by atoms with Crippen LogP contribution < -0.4 is 16.4 Å². The van der Waals surface area contributed by atoms with Crippen LogP contribution in [0.2, 0.25) is 0 Å². The number of aliphatic imine (C=N–C) groups is 1. The van der Waals surface area contributed by atoms with Gasteiger partial charge in [-0.2, -0.15) is 0 Å². The smallest absolute Gasteiger partial charge is 0.284 e. The molecule has 2 aromatic heterocycles. The van der Waals surface area contributed by atoms with E-state index in [1.54, 1.807) is 30.5 Å². The molecule has 0 aliphatic carbocycles. The lowest BCUT2D eigenvalue weighted by molar-refractivity contribution is 0.0972. The minimum absolute atomic E-state index is 0. The maximum absolute atomic E-state index is 10.9. The second-order valence-electron chi connectivity index (χ2n) is 4.44. The van der Waals surface area contributed by atoms with Crippen LogP contribution in [0.25, 0.3) is 0 Å². The van der Waals surface area contributed by atoms with E-state index in [1.165, 1.54) is 10.4 Å². The van der Waals surface area contributed by atoms with E-state index in [0.29, 0.717) is 24.8 Å². The van der Waals surface area contributed by atoms with E-state index < -0.39 is 5.91 Å². The van der Waals surface area contributed by atoms with Gasteiger partial charge in [-0.25, -0.2) is 0 Å². The predicted octanol–water partition coefficient (Wildman–Crippen LogP) is 2.23. The van der Waals surface area contributed by atoms with Gasteiger partial charge in [-0.15, -0.1) is 35.3 Å². The number of nitrogens with zero attached hydrogens (tertiary/aromatic N) is 1. The average Bonchev–Trinajstić information content (AvgIpc) is 3.08. The quantitative estimate of drug-likeness (QED) is 0.382. The van der Waals surface area contributed by atoms with Gasteiger partial charge in [-0.1, -0.05) is 0 Å². The number of amides is 1. The molecule has 0 fully saturated rings. The van der Waals surface area contributed by atoms with Crippen LogP contribution in [0.3, 0.4) is 0 Å². The van der Waals surface area contributed by atoms with E-state index in [0.717, 1.165) is 0 Å². The summed E-state index contributed by atoms with van der Waals surface area (Å²) in [5.74, 6) is 0.875. The summed E-state index contributed by atoms with van der Waals surface area (Å²) >= 11 is 1.71. The summed E-state index contributed by atoms with van der Waals surface area (Å²) in [5, 5.41) is 8.41. The number of nitrogens with two attached hydrogens (primary N) is 1. The van der Waals surface area contributed by atoms with Crippen molar-refractivity contribution >= 4 is 47.2 Å². The van der Waals surface area contributed by atoms with Gasteiger partial charge in [0.15, 0.2) is 11.7 Å². The Kier molecular flexibility index (Phi) is 7.39. The van der Waals surface area contributed by atoms with Crippen LogP contribution in [0.5, 0.6) is 0 Å². The zero-order valence-electron chi connectivity index (χ0n) is 12.4. The van der Waals surface area contributed by atoms with Crippen molar-refractivity contribution in [2.24, 2.45) is 10.7 Å². The second-order valence-corrected chi connectivity index (χ2v) is 5.44. The van der Waals surface area contributed by atoms with Crippen LogP contribution >= 0.6 is 35.3 Å². The fourth-order valence-corrected chi connectivity index (χ4v) is 2.59. The van der Waals surface area contributed by atoms with Crippen LogP contribution in [0.15, 0.2) is 33.0 Å². The maximum Gasteiger partial charge on any atom is 0.284 e. The van der Waals surface area contributed by atoms with Crippen molar-refractivity contribution in [3.8, 4) is 0 Å². The number of carbonyl (C=O) groups excluding carboxylic acids is 1. The lowest BCUT2D eigenvalue weighted by atomic mass is 10.3. The molecule has 0 bridgehead atoms. The van der Waals surface area contributed by atoms with Crippen LogP contribution in [0.1, 0.15) is 26.8 Å². The Morgan fingerprint density at radius 2 is 2.05 bits per heavy atom. The number of halogens is 1. The molecule has 120 valence electrons. The SMILES string of the molecule is CN=C(NCc1ccc(C(N)=O)o1)NCc1sccc1C.I. The molecule has 0 radical (unpaired) electrons. The monoisotopic (exact) mass is 434 g/mol. The van der Waals surface area contributed by atoms with Gasteiger partial charge in [0.2, 0.25) is 0 Å². The number of thiophene rings is 1. The van der Waals surface area contributed by atoms with Crippen molar-refractivity contribution < 1.29 is 9.21 Å². The highest BCUT2D eigenvalue weighted by Gasteiger charge is 2.08. The lowest BCUT2D eigenvalue weighted by Gasteiger charge is -2.10. The molecule has 0 unspecified atom stereocenters. The summed E-state index contributed by atoms with van der Waals surface area (Å²) in [6.07, 6.45) is 0. The largest absolute Gasteiger partial charge is 0.454 e. The summed E-state index contributed by atoms with van der Waals surface area (Å²) in [6, 6.07) is 5.36. The molecule has 0 aliphatic heterocycles. The number of nitrogens with one attached hydrogen (secondary N) is 2. The predicted molar refractivity (Wildman–Crippen MR) is 98.7 cm³/mol. The summed E-state index contributed by atoms with van der Waals surface area (Å²) in [5.41, 5.74) is 6.40. The first-order valence-electron chi connectivity index (χ1n) is 6.46. The van der Waals surface area contributed by atoms with Gasteiger partial charge in [0.05, 0.1) is 13.1 Å². The van der Waals surface area contributed by atoms with Crippen LogP contribution in [-0.2, 0) is 13.1 Å². The fourth-order valence-electron chi connectivity index (χ4n) is 1.75. The number of hydrogen-bond acceptors (Lipinski definition) is 4. The molecule has 2 aromatic rings. The first-order valence-corrected chi connectivity index (χ1v) is 7.34. The van der Waals surface area contributed by atoms with Gasteiger partial charge in [0, 0.05) is 11.9 Å². The normalized spacial score (nSPS) is 10.9. The van der Waals surface area contributed by atoms with Crippen molar-refractivity contribution in [3.05, 3.63) is 45.5 Å². The first kappa shape index (κ1) is 18.5. The summed E-state index contributed by atoms with van der Waals surface area (Å²) in [4.78, 5) is 16.4. The number of rotatable bonds is 5. The van der Waals surface area contributed by atoms with E-state index in [9.17, 15) is 4.79 Å². The zero-order chi connectivity index (χ0) is 15.2. The number of primary amides is 1. The highest BCUT2D eigenvalue weighted by Crippen LogP contribution is 2.14. The zero-order valence-corrected chi connectivity index (χ0v) is 15.5. The molecule has 1 amide bonds. The van der Waals surface area contributed by atoms with Crippen molar-refractivity contribution in [3.63, 3.8) is 0 Å².